The Morgan fingerprint density at radius 3 is 2.43 bits per heavy atom. The second-order valence-corrected chi connectivity index (χ2v) is 8.40. The summed E-state index contributed by atoms with van der Waals surface area (Å²) in [5.74, 6) is -1.17. The van der Waals surface area contributed by atoms with Gasteiger partial charge in [0.2, 0.25) is 0 Å². The maximum Gasteiger partial charge on any atom is 0.338 e. The number of benzene rings is 4. The first-order valence-electron chi connectivity index (χ1n) is 11.4. The highest BCUT2D eigenvalue weighted by Gasteiger charge is 2.17. The molecule has 0 aliphatic heterocycles. The van der Waals surface area contributed by atoms with E-state index in [2.05, 4.69) is 37.4 Å². The molecule has 2 atom stereocenters. The molecule has 0 aliphatic rings. The molecule has 35 heavy (non-hydrogen) atoms. The second kappa shape index (κ2) is 11.3. The first-order valence-corrected chi connectivity index (χ1v) is 11.4. The Kier molecular flexibility index (Phi) is 8.49. The molecule has 0 bridgehead atoms. The fraction of sp³-hybridized carbons (Fsp3) is 0.207. The minimum absolute atomic E-state index is 0. The zero-order valence-electron chi connectivity index (χ0n) is 19.9. The molecule has 2 N–H and O–H groups in total. The van der Waals surface area contributed by atoms with E-state index in [1.54, 1.807) is 6.07 Å². The van der Waals surface area contributed by atoms with Crippen LogP contribution in [0.4, 0.5) is 4.39 Å². The lowest BCUT2D eigenvalue weighted by Gasteiger charge is -2.23. The molecule has 4 nitrogen and oxygen atoms in total. The van der Waals surface area contributed by atoms with Crippen molar-refractivity contribution in [2.75, 3.05) is 6.61 Å². The molecule has 0 amide bonds. The molecule has 182 valence electrons. The molecule has 4 rings (SSSR count). The first kappa shape index (κ1) is 26.2. The Balaban J connectivity index is 0.00000342. The van der Waals surface area contributed by atoms with Crippen molar-refractivity contribution < 1.29 is 19.0 Å². The van der Waals surface area contributed by atoms with Crippen LogP contribution in [0.15, 0.2) is 78.9 Å². The quantitative estimate of drug-likeness (QED) is 0.265. The van der Waals surface area contributed by atoms with E-state index in [1.165, 1.54) is 12.1 Å². The lowest BCUT2D eigenvalue weighted by Crippen LogP contribution is -2.22. The number of hydrogen-bond donors (Lipinski definition) is 2. The Hall–Kier alpha value is -3.41. The molecule has 0 aromatic heterocycles. The van der Waals surface area contributed by atoms with Crippen molar-refractivity contribution in [1.29, 1.82) is 0 Å². The van der Waals surface area contributed by atoms with Crippen molar-refractivity contribution in [2.45, 2.75) is 32.9 Å². The highest BCUT2D eigenvalue weighted by molar-refractivity contribution is 5.99. The van der Waals surface area contributed by atoms with Gasteiger partial charge in [0, 0.05) is 12.1 Å². The standard InChI is InChI=1S/C29H28FNO3.ClH/c1-4-34-24-10-7-9-20(15-24)18(2)31-19(3)23-14-21-8-5-6-11-25(21)26(17-23)22-12-13-28(30)27(16-22)29(32)33;/h5-19,31H,4H2,1-3H3,(H,32,33);1H. The van der Waals surface area contributed by atoms with Gasteiger partial charge in [-0.15, -0.1) is 12.4 Å². The van der Waals surface area contributed by atoms with E-state index in [0.29, 0.717) is 12.2 Å². The predicted molar refractivity (Wildman–Crippen MR) is 141 cm³/mol. The van der Waals surface area contributed by atoms with Gasteiger partial charge in [0.15, 0.2) is 0 Å². The summed E-state index contributed by atoms with van der Waals surface area (Å²) < 4.78 is 19.7. The predicted octanol–water partition coefficient (Wildman–Crippen LogP) is 7.58. The van der Waals surface area contributed by atoms with E-state index >= 15 is 0 Å². The number of fused-ring (bicyclic) bond motifs is 1. The second-order valence-electron chi connectivity index (χ2n) is 8.40. The van der Waals surface area contributed by atoms with Crippen LogP contribution in [-0.2, 0) is 0 Å². The molecule has 4 aromatic carbocycles. The van der Waals surface area contributed by atoms with E-state index in [1.807, 2.05) is 49.4 Å². The molecule has 0 spiro atoms. The van der Waals surface area contributed by atoms with Gasteiger partial charge in [-0.05, 0) is 90.2 Å². The first-order chi connectivity index (χ1) is 16.4. The van der Waals surface area contributed by atoms with Crippen LogP contribution in [0, 0.1) is 5.82 Å². The summed E-state index contributed by atoms with van der Waals surface area (Å²) in [7, 11) is 0. The Morgan fingerprint density at radius 1 is 0.943 bits per heavy atom. The summed E-state index contributed by atoms with van der Waals surface area (Å²) in [5.41, 5.74) is 3.39. The lowest BCUT2D eigenvalue weighted by molar-refractivity contribution is 0.0692. The molecule has 4 aromatic rings. The number of carboxylic acid groups (broad SMARTS) is 1. The fourth-order valence-electron chi connectivity index (χ4n) is 4.29. The fourth-order valence-corrected chi connectivity index (χ4v) is 4.29. The Bertz CT molecular complexity index is 1340. The molecule has 0 heterocycles. The third-order valence-electron chi connectivity index (χ3n) is 6.06. The monoisotopic (exact) mass is 493 g/mol. The van der Waals surface area contributed by atoms with Gasteiger partial charge < -0.3 is 15.2 Å². The van der Waals surface area contributed by atoms with Gasteiger partial charge in [0.1, 0.15) is 11.6 Å². The van der Waals surface area contributed by atoms with E-state index in [-0.39, 0.29) is 30.1 Å². The van der Waals surface area contributed by atoms with Crippen molar-refractivity contribution in [1.82, 2.24) is 5.32 Å². The van der Waals surface area contributed by atoms with Crippen LogP contribution in [-0.4, -0.2) is 17.7 Å². The van der Waals surface area contributed by atoms with Crippen LogP contribution < -0.4 is 10.1 Å². The van der Waals surface area contributed by atoms with Crippen LogP contribution in [0.3, 0.4) is 0 Å². The highest BCUT2D eigenvalue weighted by Crippen LogP contribution is 2.34. The molecule has 0 saturated heterocycles. The van der Waals surface area contributed by atoms with E-state index in [0.717, 1.165) is 33.2 Å². The van der Waals surface area contributed by atoms with Crippen molar-refractivity contribution in [3.05, 3.63) is 101 Å². The molecule has 2 unspecified atom stereocenters. The smallest absolute Gasteiger partial charge is 0.338 e. The van der Waals surface area contributed by atoms with Gasteiger partial charge in [0.25, 0.3) is 0 Å². The summed E-state index contributed by atoms with van der Waals surface area (Å²) in [6.07, 6.45) is 0. The van der Waals surface area contributed by atoms with E-state index < -0.39 is 11.8 Å². The van der Waals surface area contributed by atoms with Crippen molar-refractivity contribution in [2.24, 2.45) is 0 Å². The van der Waals surface area contributed by atoms with Gasteiger partial charge in [-0.3, -0.25) is 0 Å². The summed E-state index contributed by atoms with van der Waals surface area (Å²) in [6, 6.07) is 24.6. The molecule has 0 aliphatic carbocycles. The number of carbonyl (C=O) groups is 1. The zero-order chi connectivity index (χ0) is 24.2. The van der Waals surface area contributed by atoms with Crippen molar-refractivity contribution in [3.63, 3.8) is 0 Å². The SMILES string of the molecule is CCOc1cccc(C(C)NC(C)c2cc(-c3ccc(F)c(C(=O)O)c3)c3ccccc3c2)c1.Cl. The molecular formula is C29H29ClFNO3. The van der Waals surface area contributed by atoms with Crippen LogP contribution >= 0.6 is 12.4 Å². The third-order valence-corrected chi connectivity index (χ3v) is 6.06. The third kappa shape index (κ3) is 5.81. The number of aromatic carboxylic acids is 1. The number of carboxylic acids is 1. The van der Waals surface area contributed by atoms with E-state index in [4.69, 9.17) is 4.74 Å². The summed E-state index contributed by atoms with van der Waals surface area (Å²) in [5, 5.41) is 15.1. The van der Waals surface area contributed by atoms with Crippen molar-refractivity contribution >= 4 is 29.1 Å². The van der Waals surface area contributed by atoms with Crippen LogP contribution in [0.1, 0.15) is 54.3 Å². The molecular weight excluding hydrogens is 465 g/mol. The number of rotatable bonds is 8. The van der Waals surface area contributed by atoms with Crippen molar-refractivity contribution in [3.8, 4) is 16.9 Å². The maximum atomic E-state index is 14.0. The number of nitrogens with one attached hydrogen (secondary N) is 1. The normalized spacial score (nSPS) is 12.6. The minimum Gasteiger partial charge on any atom is -0.494 e. The topological polar surface area (TPSA) is 58.6 Å². The molecule has 0 radical (unpaired) electrons. The maximum absolute atomic E-state index is 14.0. The molecule has 0 saturated carbocycles. The van der Waals surface area contributed by atoms with Gasteiger partial charge >= 0.3 is 5.97 Å². The summed E-state index contributed by atoms with van der Waals surface area (Å²) in [6.45, 7) is 6.80. The average Bonchev–Trinajstić information content (AvgIpc) is 2.84. The molecule has 6 heteroatoms. The summed E-state index contributed by atoms with van der Waals surface area (Å²) >= 11 is 0. The van der Waals surface area contributed by atoms with Crippen LogP contribution in [0.25, 0.3) is 21.9 Å². The summed E-state index contributed by atoms with van der Waals surface area (Å²) in [4.78, 5) is 11.5. The number of halogens is 2. The van der Waals surface area contributed by atoms with Crippen LogP contribution in [0.2, 0.25) is 0 Å². The van der Waals surface area contributed by atoms with E-state index in [9.17, 15) is 14.3 Å². The number of ether oxygens (including phenoxy) is 1. The largest absolute Gasteiger partial charge is 0.494 e. The number of hydrogen-bond acceptors (Lipinski definition) is 3. The van der Waals surface area contributed by atoms with Gasteiger partial charge in [0.05, 0.1) is 12.2 Å². The highest BCUT2D eigenvalue weighted by atomic mass is 35.5. The zero-order valence-corrected chi connectivity index (χ0v) is 20.7. The van der Waals surface area contributed by atoms with Gasteiger partial charge in [-0.25, -0.2) is 9.18 Å². The Morgan fingerprint density at radius 2 is 1.69 bits per heavy atom. The average molecular weight is 494 g/mol. The lowest BCUT2D eigenvalue weighted by atomic mass is 9.92. The Labute approximate surface area is 211 Å². The molecule has 0 fully saturated rings. The minimum atomic E-state index is -1.28. The van der Waals surface area contributed by atoms with Gasteiger partial charge in [-0.2, -0.15) is 0 Å². The van der Waals surface area contributed by atoms with Gasteiger partial charge in [-0.1, -0.05) is 42.5 Å². The van der Waals surface area contributed by atoms with Crippen LogP contribution in [0.5, 0.6) is 5.75 Å².